The van der Waals surface area contributed by atoms with Crippen molar-refractivity contribution < 1.29 is 0 Å². The van der Waals surface area contributed by atoms with Gasteiger partial charge in [0, 0.05) is 12.7 Å². The van der Waals surface area contributed by atoms with Gasteiger partial charge < -0.3 is 5.32 Å². The number of aromatic nitrogens is 2. The number of aryl methyl sites for hydroxylation is 1. The zero-order valence-corrected chi connectivity index (χ0v) is 12.8. The molecule has 0 saturated carbocycles. The molecule has 1 heterocycles. The van der Waals surface area contributed by atoms with E-state index in [0.717, 1.165) is 31.7 Å². The summed E-state index contributed by atoms with van der Waals surface area (Å²) in [5.41, 5.74) is 3.79. The van der Waals surface area contributed by atoms with E-state index in [1.54, 1.807) is 0 Å². The molecular formula is C17H25N3. The number of hydrogen-bond acceptors (Lipinski definition) is 2. The van der Waals surface area contributed by atoms with Crippen molar-refractivity contribution in [3.63, 3.8) is 0 Å². The fourth-order valence-electron chi connectivity index (χ4n) is 2.14. The standard InChI is InChI=1S/C17H25N3/c1-4-15-5-7-16(8-6-15)13-20-10-9-17(19-20)12-18-11-14(2)3/h5-10,14,18H,4,11-13H2,1-3H3. The van der Waals surface area contributed by atoms with Gasteiger partial charge >= 0.3 is 0 Å². The van der Waals surface area contributed by atoms with Gasteiger partial charge in [0.25, 0.3) is 0 Å². The Hall–Kier alpha value is -1.61. The summed E-state index contributed by atoms with van der Waals surface area (Å²) in [7, 11) is 0. The number of hydrogen-bond donors (Lipinski definition) is 1. The van der Waals surface area contributed by atoms with Crippen LogP contribution in [0.1, 0.15) is 37.6 Å². The maximum absolute atomic E-state index is 4.60. The molecule has 2 aromatic rings. The molecule has 20 heavy (non-hydrogen) atoms. The van der Waals surface area contributed by atoms with Crippen LogP contribution in [0.4, 0.5) is 0 Å². The molecule has 0 unspecified atom stereocenters. The van der Waals surface area contributed by atoms with Crippen LogP contribution in [0.2, 0.25) is 0 Å². The van der Waals surface area contributed by atoms with Crippen LogP contribution in [0.25, 0.3) is 0 Å². The molecule has 3 heteroatoms. The molecule has 0 aliphatic heterocycles. The van der Waals surface area contributed by atoms with Crippen LogP contribution in [0.5, 0.6) is 0 Å². The second-order valence-corrected chi connectivity index (χ2v) is 5.70. The molecule has 0 radical (unpaired) electrons. The lowest BCUT2D eigenvalue weighted by atomic mass is 10.1. The lowest BCUT2D eigenvalue weighted by Crippen LogP contribution is -2.19. The zero-order chi connectivity index (χ0) is 14.4. The van der Waals surface area contributed by atoms with Crippen molar-refractivity contribution in [2.75, 3.05) is 6.54 Å². The second-order valence-electron chi connectivity index (χ2n) is 5.70. The fourth-order valence-corrected chi connectivity index (χ4v) is 2.14. The minimum atomic E-state index is 0.675. The van der Waals surface area contributed by atoms with E-state index >= 15 is 0 Å². The highest BCUT2D eigenvalue weighted by Crippen LogP contribution is 2.07. The topological polar surface area (TPSA) is 29.9 Å². The van der Waals surface area contributed by atoms with Crippen molar-refractivity contribution in [1.82, 2.24) is 15.1 Å². The molecule has 0 saturated heterocycles. The Morgan fingerprint density at radius 1 is 1.10 bits per heavy atom. The van der Waals surface area contributed by atoms with Crippen molar-refractivity contribution in [2.24, 2.45) is 5.92 Å². The maximum Gasteiger partial charge on any atom is 0.0762 e. The summed E-state index contributed by atoms with van der Waals surface area (Å²) in [6, 6.07) is 10.9. The lowest BCUT2D eigenvalue weighted by Gasteiger charge is -2.05. The SMILES string of the molecule is CCc1ccc(Cn2ccc(CNCC(C)C)n2)cc1. The number of benzene rings is 1. The third kappa shape index (κ3) is 4.49. The average Bonchev–Trinajstić information content (AvgIpc) is 2.87. The minimum Gasteiger partial charge on any atom is -0.311 e. The van der Waals surface area contributed by atoms with E-state index in [1.165, 1.54) is 11.1 Å². The van der Waals surface area contributed by atoms with Crippen LogP contribution in [0.15, 0.2) is 36.5 Å². The Kier molecular flexibility index (Phi) is 5.36. The van der Waals surface area contributed by atoms with Gasteiger partial charge in [-0.15, -0.1) is 0 Å². The van der Waals surface area contributed by atoms with E-state index < -0.39 is 0 Å². The third-order valence-corrected chi connectivity index (χ3v) is 3.33. The van der Waals surface area contributed by atoms with Crippen LogP contribution in [0.3, 0.4) is 0 Å². The van der Waals surface area contributed by atoms with Crippen LogP contribution in [-0.2, 0) is 19.5 Å². The summed E-state index contributed by atoms with van der Waals surface area (Å²) < 4.78 is 2.01. The summed E-state index contributed by atoms with van der Waals surface area (Å²) in [6.07, 6.45) is 3.15. The van der Waals surface area contributed by atoms with Gasteiger partial charge in [0.05, 0.1) is 12.2 Å². The van der Waals surface area contributed by atoms with Crippen LogP contribution < -0.4 is 5.32 Å². The van der Waals surface area contributed by atoms with E-state index in [4.69, 9.17) is 0 Å². The van der Waals surface area contributed by atoms with Gasteiger partial charge in [-0.3, -0.25) is 4.68 Å². The monoisotopic (exact) mass is 271 g/mol. The third-order valence-electron chi connectivity index (χ3n) is 3.33. The van der Waals surface area contributed by atoms with Crippen molar-refractivity contribution in [3.05, 3.63) is 53.3 Å². The van der Waals surface area contributed by atoms with Crippen molar-refractivity contribution in [1.29, 1.82) is 0 Å². The van der Waals surface area contributed by atoms with E-state index in [0.29, 0.717) is 5.92 Å². The summed E-state index contributed by atoms with van der Waals surface area (Å²) in [6.45, 7) is 9.33. The first kappa shape index (κ1) is 14.8. The fraction of sp³-hybridized carbons (Fsp3) is 0.471. The highest BCUT2D eigenvalue weighted by Gasteiger charge is 2.01. The van der Waals surface area contributed by atoms with Gasteiger partial charge in [-0.05, 0) is 36.1 Å². The molecule has 0 atom stereocenters. The smallest absolute Gasteiger partial charge is 0.0762 e. The predicted octanol–water partition coefficient (Wildman–Crippen LogP) is 3.24. The molecule has 0 bridgehead atoms. The number of nitrogens with zero attached hydrogens (tertiary/aromatic N) is 2. The molecule has 0 aliphatic rings. The molecular weight excluding hydrogens is 246 g/mol. The summed E-state index contributed by atoms with van der Waals surface area (Å²) in [5.74, 6) is 0.675. The predicted molar refractivity (Wildman–Crippen MR) is 83.7 cm³/mol. The van der Waals surface area contributed by atoms with Crippen LogP contribution >= 0.6 is 0 Å². The quantitative estimate of drug-likeness (QED) is 0.838. The molecule has 1 aromatic heterocycles. The highest BCUT2D eigenvalue weighted by atomic mass is 15.3. The van der Waals surface area contributed by atoms with Gasteiger partial charge in [0.15, 0.2) is 0 Å². The molecule has 0 spiro atoms. The molecule has 2 rings (SSSR count). The first-order chi connectivity index (χ1) is 9.67. The average molecular weight is 271 g/mol. The Labute approximate surface area is 122 Å². The summed E-state index contributed by atoms with van der Waals surface area (Å²) in [4.78, 5) is 0. The van der Waals surface area contributed by atoms with Gasteiger partial charge in [-0.1, -0.05) is 45.0 Å². The second kappa shape index (κ2) is 7.25. The molecule has 1 aromatic carbocycles. The van der Waals surface area contributed by atoms with Gasteiger partial charge in [0.2, 0.25) is 0 Å². The first-order valence-corrected chi connectivity index (χ1v) is 7.48. The minimum absolute atomic E-state index is 0.675. The van der Waals surface area contributed by atoms with Gasteiger partial charge in [-0.25, -0.2) is 0 Å². The molecule has 0 amide bonds. The first-order valence-electron chi connectivity index (χ1n) is 7.48. The Bertz CT molecular complexity index is 511. The normalized spacial score (nSPS) is 11.2. The number of nitrogens with one attached hydrogen (secondary N) is 1. The van der Waals surface area contributed by atoms with Crippen molar-refractivity contribution in [2.45, 2.75) is 40.3 Å². The zero-order valence-electron chi connectivity index (χ0n) is 12.8. The lowest BCUT2D eigenvalue weighted by molar-refractivity contribution is 0.543. The molecule has 1 N–H and O–H groups in total. The largest absolute Gasteiger partial charge is 0.311 e. The molecule has 108 valence electrons. The van der Waals surface area contributed by atoms with E-state index in [9.17, 15) is 0 Å². The van der Waals surface area contributed by atoms with Crippen molar-refractivity contribution >= 4 is 0 Å². The van der Waals surface area contributed by atoms with Crippen LogP contribution in [0, 0.1) is 5.92 Å². The van der Waals surface area contributed by atoms with E-state index in [2.05, 4.69) is 67.7 Å². The maximum atomic E-state index is 4.60. The molecule has 0 aliphatic carbocycles. The molecule has 0 fully saturated rings. The van der Waals surface area contributed by atoms with Gasteiger partial charge in [0.1, 0.15) is 0 Å². The summed E-state index contributed by atoms with van der Waals surface area (Å²) >= 11 is 0. The van der Waals surface area contributed by atoms with Crippen LogP contribution in [-0.4, -0.2) is 16.3 Å². The van der Waals surface area contributed by atoms with E-state index in [1.807, 2.05) is 4.68 Å². The van der Waals surface area contributed by atoms with Crippen molar-refractivity contribution in [3.8, 4) is 0 Å². The summed E-state index contributed by atoms with van der Waals surface area (Å²) in [5, 5.41) is 8.02. The van der Waals surface area contributed by atoms with Gasteiger partial charge in [-0.2, -0.15) is 5.10 Å². The Morgan fingerprint density at radius 3 is 2.45 bits per heavy atom. The highest BCUT2D eigenvalue weighted by molar-refractivity contribution is 5.22. The number of rotatable bonds is 7. The Balaban J connectivity index is 1.88. The van der Waals surface area contributed by atoms with E-state index in [-0.39, 0.29) is 0 Å². The molecule has 3 nitrogen and oxygen atoms in total. The Morgan fingerprint density at radius 2 is 1.80 bits per heavy atom.